The lowest BCUT2D eigenvalue weighted by Crippen LogP contribution is -2.19. The van der Waals surface area contributed by atoms with Gasteiger partial charge in [-0.05, 0) is 19.0 Å². The maximum absolute atomic E-state index is 12.0. The molecule has 6 nitrogen and oxygen atoms in total. The summed E-state index contributed by atoms with van der Waals surface area (Å²) in [7, 11) is -1.18. The van der Waals surface area contributed by atoms with Crippen molar-refractivity contribution in [3.8, 4) is 0 Å². The van der Waals surface area contributed by atoms with E-state index in [1.54, 1.807) is 0 Å². The van der Waals surface area contributed by atoms with Crippen LogP contribution in [0.5, 0.6) is 0 Å². The van der Waals surface area contributed by atoms with Crippen LogP contribution in [0.25, 0.3) is 0 Å². The van der Waals surface area contributed by atoms with Gasteiger partial charge in [-0.3, -0.25) is 14.3 Å². The fraction of sp³-hybridized carbons (Fsp3) is 0.444. The van der Waals surface area contributed by atoms with Crippen molar-refractivity contribution in [1.82, 2.24) is 10.3 Å². The second kappa shape index (κ2) is 4.67. The number of nitrogens with one attached hydrogen (secondary N) is 1. The van der Waals surface area contributed by atoms with Gasteiger partial charge in [0.1, 0.15) is 11.2 Å². The minimum atomic E-state index is -1.18. The topological polar surface area (TPSA) is 85.1 Å². The highest BCUT2D eigenvalue weighted by molar-refractivity contribution is 7.85. The Morgan fingerprint density at radius 1 is 1.56 bits per heavy atom. The van der Waals surface area contributed by atoms with Crippen molar-refractivity contribution in [1.29, 1.82) is 0 Å². The van der Waals surface area contributed by atoms with Crippen LogP contribution >= 0.6 is 0 Å². The van der Waals surface area contributed by atoms with Gasteiger partial charge in [0.25, 0.3) is 5.69 Å². The highest BCUT2D eigenvalue weighted by Crippen LogP contribution is 2.16. The first kappa shape index (κ1) is 11.2. The van der Waals surface area contributed by atoms with Gasteiger partial charge in [-0.15, -0.1) is 0 Å². The second-order valence-corrected chi connectivity index (χ2v) is 5.20. The van der Waals surface area contributed by atoms with E-state index >= 15 is 0 Å². The fourth-order valence-electron chi connectivity index (χ4n) is 1.58. The van der Waals surface area contributed by atoms with E-state index in [9.17, 15) is 14.3 Å². The summed E-state index contributed by atoms with van der Waals surface area (Å²) in [6.07, 6.45) is 2.00. The molecule has 1 N–H and O–H groups in total. The van der Waals surface area contributed by atoms with E-state index in [1.165, 1.54) is 12.1 Å². The largest absolute Gasteiger partial charge is 0.315 e. The van der Waals surface area contributed by atoms with Gasteiger partial charge in [0.2, 0.25) is 0 Å². The van der Waals surface area contributed by atoms with Crippen LogP contribution in [-0.4, -0.2) is 32.5 Å². The first-order chi connectivity index (χ1) is 7.68. The summed E-state index contributed by atoms with van der Waals surface area (Å²) in [5, 5.41) is 14.0. The zero-order chi connectivity index (χ0) is 11.5. The molecule has 1 aliphatic rings. The molecule has 0 bridgehead atoms. The van der Waals surface area contributed by atoms with E-state index in [0.717, 1.165) is 19.2 Å². The van der Waals surface area contributed by atoms with Crippen molar-refractivity contribution in [3.05, 3.63) is 28.4 Å². The van der Waals surface area contributed by atoms with Crippen molar-refractivity contribution < 1.29 is 9.13 Å². The number of nitro groups is 1. The fourth-order valence-corrected chi connectivity index (χ4v) is 2.88. The van der Waals surface area contributed by atoms with Crippen LogP contribution in [0.2, 0.25) is 0 Å². The predicted molar refractivity (Wildman–Crippen MR) is 58.6 cm³/mol. The summed E-state index contributed by atoms with van der Waals surface area (Å²) >= 11 is 0. The third-order valence-corrected chi connectivity index (χ3v) is 4.12. The monoisotopic (exact) mass is 241 g/mol. The molecule has 2 atom stereocenters. The molecule has 7 heteroatoms. The Bertz CT molecular complexity index is 415. The number of rotatable bonds is 3. The molecule has 0 radical (unpaired) electrons. The zero-order valence-electron chi connectivity index (χ0n) is 8.46. The van der Waals surface area contributed by atoms with Gasteiger partial charge in [-0.2, -0.15) is 0 Å². The normalized spacial score (nSPS) is 21.9. The summed E-state index contributed by atoms with van der Waals surface area (Å²) in [4.78, 5) is 13.8. The summed E-state index contributed by atoms with van der Waals surface area (Å²) in [6, 6.07) is 2.80. The van der Waals surface area contributed by atoms with Crippen molar-refractivity contribution in [2.45, 2.75) is 16.7 Å². The van der Waals surface area contributed by atoms with Gasteiger partial charge in [-0.25, -0.2) is 4.98 Å². The molecule has 1 aromatic heterocycles. The van der Waals surface area contributed by atoms with E-state index < -0.39 is 15.7 Å². The minimum absolute atomic E-state index is 0.0638. The van der Waals surface area contributed by atoms with Crippen molar-refractivity contribution >= 4 is 16.5 Å². The Hall–Kier alpha value is -1.34. The molecule has 0 aromatic carbocycles. The van der Waals surface area contributed by atoms with Crippen LogP contribution in [0.1, 0.15) is 6.42 Å². The zero-order valence-corrected chi connectivity index (χ0v) is 9.27. The lowest BCUT2D eigenvalue weighted by atomic mass is 10.4. The van der Waals surface area contributed by atoms with E-state index in [4.69, 9.17) is 0 Å². The van der Waals surface area contributed by atoms with Crippen molar-refractivity contribution in [3.63, 3.8) is 0 Å². The average Bonchev–Trinajstić information content (AvgIpc) is 2.81. The predicted octanol–water partition coefficient (Wildman–Crippen LogP) is 0.459. The van der Waals surface area contributed by atoms with E-state index in [0.29, 0.717) is 11.6 Å². The van der Waals surface area contributed by atoms with Gasteiger partial charge in [-0.1, -0.05) is 0 Å². The SMILES string of the molecule is O=[N+]([O-])c1ccc([S@](=O)[C@H]2CCNC2)nc1. The standard InChI is InChI=1S/C9H11N3O3S/c13-12(14)7-1-2-9(11-5-7)16(15)8-3-4-10-6-8/h1-2,5,8,10H,3-4,6H2/t8-,16+/m0/s1. The third kappa shape index (κ3) is 2.25. The number of hydrogen-bond donors (Lipinski definition) is 1. The molecule has 86 valence electrons. The van der Waals surface area contributed by atoms with Crippen LogP contribution in [0, 0.1) is 10.1 Å². The maximum atomic E-state index is 12.0. The van der Waals surface area contributed by atoms with E-state index in [1.807, 2.05) is 0 Å². The maximum Gasteiger partial charge on any atom is 0.287 e. The molecule has 0 amide bonds. The smallest absolute Gasteiger partial charge is 0.287 e. The molecule has 1 saturated heterocycles. The van der Waals surface area contributed by atoms with Crippen LogP contribution in [0.4, 0.5) is 5.69 Å². The van der Waals surface area contributed by atoms with Gasteiger partial charge >= 0.3 is 0 Å². The summed E-state index contributed by atoms with van der Waals surface area (Å²) in [5.74, 6) is 0. The second-order valence-electron chi connectivity index (χ2n) is 3.52. The van der Waals surface area contributed by atoms with Gasteiger partial charge in [0.05, 0.1) is 21.0 Å². The molecule has 0 unspecified atom stereocenters. The Morgan fingerprint density at radius 2 is 2.38 bits per heavy atom. The highest BCUT2D eigenvalue weighted by atomic mass is 32.2. The average molecular weight is 241 g/mol. The minimum Gasteiger partial charge on any atom is -0.315 e. The van der Waals surface area contributed by atoms with Crippen LogP contribution in [0.3, 0.4) is 0 Å². The first-order valence-electron chi connectivity index (χ1n) is 4.90. The molecule has 0 spiro atoms. The Morgan fingerprint density at radius 3 is 2.88 bits per heavy atom. The Labute approximate surface area is 94.7 Å². The summed E-state index contributed by atoms with van der Waals surface area (Å²) in [5.41, 5.74) is -0.0784. The quantitative estimate of drug-likeness (QED) is 0.613. The number of pyridine rings is 1. The number of nitrogens with zero attached hydrogens (tertiary/aromatic N) is 2. The Balaban J connectivity index is 2.14. The molecule has 0 aliphatic carbocycles. The molecule has 2 heterocycles. The molecule has 0 saturated carbocycles. The van der Waals surface area contributed by atoms with Gasteiger partial charge in [0, 0.05) is 12.6 Å². The van der Waals surface area contributed by atoms with Crippen LogP contribution in [0.15, 0.2) is 23.4 Å². The lowest BCUT2D eigenvalue weighted by molar-refractivity contribution is -0.385. The highest BCUT2D eigenvalue weighted by Gasteiger charge is 2.23. The van der Waals surface area contributed by atoms with Crippen molar-refractivity contribution in [2.75, 3.05) is 13.1 Å². The molecule has 2 rings (SSSR count). The third-order valence-electron chi connectivity index (χ3n) is 2.46. The summed E-state index contributed by atoms with van der Waals surface area (Å²) < 4.78 is 12.0. The molecule has 1 fully saturated rings. The molecular formula is C9H11N3O3S. The van der Waals surface area contributed by atoms with E-state index in [-0.39, 0.29) is 10.9 Å². The Kier molecular flexibility index (Phi) is 3.25. The summed E-state index contributed by atoms with van der Waals surface area (Å²) in [6.45, 7) is 1.58. The van der Waals surface area contributed by atoms with Crippen LogP contribution < -0.4 is 5.32 Å². The lowest BCUT2D eigenvalue weighted by Gasteiger charge is -2.06. The number of aromatic nitrogens is 1. The van der Waals surface area contributed by atoms with E-state index in [2.05, 4.69) is 10.3 Å². The van der Waals surface area contributed by atoms with Gasteiger partial charge in [0.15, 0.2) is 0 Å². The number of hydrogen-bond acceptors (Lipinski definition) is 5. The molecular weight excluding hydrogens is 230 g/mol. The van der Waals surface area contributed by atoms with Crippen molar-refractivity contribution in [2.24, 2.45) is 0 Å². The van der Waals surface area contributed by atoms with Crippen LogP contribution in [-0.2, 0) is 10.8 Å². The van der Waals surface area contributed by atoms with Gasteiger partial charge < -0.3 is 5.32 Å². The first-order valence-corrected chi connectivity index (χ1v) is 6.11. The molecule has 1 aromatic rings. The molecule has 16 heavy (non-hydrogen) atoms. The molecule has 1 aliphatic heterocycles.